The number of methoxy groups -OCH3 is 2. The van der Waals surface area contributed by atoms with Gasteiger partial charge in [-0.3, -0.25) is 4.79 Å². The number of benzene rings is 2. The van der Waals surface area contributed by atoms with Crippen LogP contribution in [0.4, 0.5) is 5.69 Å². The number of carbonyl (C=O) groups is 2. The molecule has 1 N–H and O–H groups in total. The summed E-state index contributed by atoms with van der Waals surface area (Å²) in [5.41, 5.74) is 2.09. The summed E-state index contributed by atoms with van der Waals surface area (Å²) < 4.78 is 15.6. The number of esters is 1. The van der Waals surface area contributed by atoms with Crippen molar-refractivity contribution in [1.82, 2.24) is 4.98 Å². The third kappa shape index (κ3) is 4.96. The van der Waals surface area contributed by atoms with E-state index in [1.807, 2.05) is 36.6 Å². The van der Waals surface area contributed by atoms with E-state index in [2.05, 4.69) is 10.3 Å². The van der Waals surface area contributed by atoms with Gasteiger partial charge in [0.2, 0.25) is 5.91 Å². The van der Waals surface area contributed by atoms with Gasteiger partial charge in [-0.1, -0.05) is 12.1 Å². The van der Waals surface area contributed by atoms with Gasteiger partial charge in [0, 0.05) is 5.38 Å². The molecule has 0 bridgehead atoms. The number of hydrogen-bond acceptors (Lipinski definition) is 7. The number of rotatable bonds is 8. The second kappa shape index (κ2) is 9.89. The van der Waals surface area contributed by atoms with E-state index in [0.29, 0.717) is 23.7 Å². The van der Waals surface area contributed by atoms with E-state index in [-0.39, 0.29) is 17.9 Å². The van der Waals surface area contributed by atoms with Crippen LogP contribution < -0.4 is 14.8 Å². The van der Waals surface area contributed by atoms with Gasteiger partial charge in [-0.05, 0) is 37.3 Å². The Kier molecular flexibility index (Phi) is 7.03. The highest BCUT2D eigenvalue weighted by atomic mass is 32.1. The van der Waals surface area contributed by atoms with E-state index in [0.717, 1.165) is 16.3 Å². The molecule has 0 radical (unpaired) electrons. The highest BCUT2D eigenvalue weighted by molar-refractivity contribution is 7.13. The van der Waals surface area contributed by atoms with Crippen molar-refractivity contribution in [1.29, 1.82) is 0 Å². The van der Waals surface area contributed by atoms with Crippen LogP contribution in [-0.2, 0) is 16.0 Å². The van der Waals surface area contributed by atoms with Gasteiger partial charge in [0.15, 0.2) is 0 Å². The summed E-state index contributed by atoms with van der Waals surface area (Å²) >= 11 is 1.45. The van der Waals surface area contributed by atoms with Crippen LogP contribution in [0.2, 0.25) is 0 Å². The maximum atomic E-state index is 12.6. The Morgan fingerprint density at radius 3 is 2.67 bits per heavy atom. The first-order valence-electron chi connectivity index (χ1n) is 9.28. The Morgan fingerprint density at radius 2 is 1.93 bits per heavy atom. The first-order chi connectivity index (χ1) is 14.5. The standard InChI is InChI=1S/C22H22N2O5S/c1-4-29-19-8-6-5-7-16(19)21-23-14(13-30-21)11-20(25)24-18-10-9-15(27-2)12-17(18)22(26)28-3/h5-10,12-13H,4,11H2,1-3H3,(H,24,25). The molecule has 156 valence electrons. The Balaban J connectivity index is 1.75. The van der Waals surface area contributed by atoms with Gasteiger partial charge in [0.1, 0.15) is 16.5 Å². The highest BCUT2D eigenvalue weighted by Crippen LogP contribution is 2.32. The summed E-state index contributed by atoms with van der Waals surface area (Å²) in [5.74, 6) is 0.393. The first kappa shape index (κ1) is 21.3. The lowest BCUT2D eigenvalue weighted by molar-refractivity contribution is -0.115. The molecule has 1 aromatic heterocycles. The molecule has 1 amide bonds. The van der Waals surface area contributed by atoms with Crippen LogP contribution in [0.3, 0.4) is 0 Å². The fourth-order valence-electron chi connectivity index (χ4n) is 2.83. The molecule has 0 aliphatic carbocycles. The Labute approximate surface area is 178 Å². The van der Waals surface area contributed by atoms with E-state index in [1.54, 1.807) is 12.1 Å². The molecule has 0 saturated carbocycles. The fraction of sp³-hybridized carbons (Fsp3) is 0.227. The van der Waals surface area contributed by atoms with Crippen molar-refractivity contribution in [2.24, 2.45) is 0 Å². The zero-order chi connectivity index (χ0) is 21.5. The number of hydrogen-bond donors (Lipinski definition) is 1. The lowest BCUT2D eigenvalue weighted by Crippen LogP contribution is -2.17. The van der Waals surface area contributed by atoms with Crippen molar-refractivity contribution < 1.29 is 23.8 Å². The van der Waals surface area contributed by atoms with Crippen LogP contribution in [0.5, 0.6) is 11.5 Å². The summed E-state index contributed by atoms with van der Waals surface area (Å²) in [6, 6.07) is 12.4. The third-order valence-corrected chi connectivity index (χ3v) is 5.14. The van der Waals surface area contributed by atoms with Crippen LogP contribution in [0, 0.1) is 0 Å². The van der Waals surface area contributed by atoms with Gasteiger partial charge in [0.05, 0.1) is 49.8 Å². The molecule has 2 aromatic carbocycles. The molecule has 0 saturated heterocycles. The molecular formula is C22H22N2O5S. The second-order valence-electron chi connectivity index (χ2n) is 6.20. The Morgan fingerprint density at radius 1 is 1.13 bits per heavy atom. The van der Waals surface area contributed by atoms with Gasteiger partial charge >= 0.3 is 5.97 Å². The molecular weight excluding hydrogens is 404 g/mol. The second-order valence-corrected chi connectivity index (χ2v) is 7.06. The van der Waals surface area contributed by atoms with E-state index >= 15 is 0 Å². The number of nitrogens with zero attached hydrogens (tertiary/aromatic N) is 1. The van der Waals surface area contributed by atoms with E-state index in [4.69, 9.17) is 14.2 Å². The van der Waals surface area contributed by atoms with Crippen LogP contribution in [-0.4, -0.2) is 37.7 Å². The predicted octanol–water partition coefficient (Wildman–Crippen LogP) is 4.19. The smallest absolute Gasteiger partial charge is 0.340 e. The molecule has 0 aliphatic rings. The summed E-state index contributed by atoms with van der Waals surface area (Å²) in [7, 11) is 2.78. The number of carbonyl (C=O) groups excluding carboxylic acids is 2. The number of nitrogens with one attached hydrogen (secondary N) is 1. The van der Waals surface area contributed by atoms with Crippen LogP contribution in [0.25, 0.3) is 10.6 Å². The molecule has 7 nitrogen and oxygen atoms in total. The van der Waals surface area contributed by atoms with Crippen molar-refractivity contribution >= 4 is 28.9 Å². The quantitative estimate of drug-likeness (QED) is 0.544. The molecule has 30 heavy (non-hydrogen) atoms. The van der Waals surface area contributed by atoms with E-state index < -0.39 is 5.97 Å². The number of ether oxygens (including phenoxy) is 3. The maximum absolute atomic E-state index is 12.6. The van der Waals surface area contributed by atoms with Gasteiger partial charge in [-0.25, -0.2) is 9.78 Å². The molecule has 3 rings (SSSR count). The van der Waals surface area contributed by atoms with Crippen LogP contribution in [0.15, 0.2) is 47.8 Å². The van der Waals surface area contributed by atoms with E-state index in [1.165, 1.54) is 31.6 Å². The topological polar surface area (TPSA) is 86.8 Å². The minimum atomic E-state index is -0.562. The van der Waals surface area contributed by atoms with Crippen molar-refractivity contribution in [3.05, 3.63) is 59.1 Å². The molecule has 0 unspecified atom stereocenters. The summed E-state index contributed by atoms with van der Waals surface area (Å²) in [6.45, 7) is 2.48. The van der Waals surface area contributed by atoms with E-state index in [9.17, 15) is 9.59 Å². The number of aromatic nitrogens is 1. The lowest BCUT2D eigenvalue weighted by Gasteiger charge is -2.11. The average molecular weight is 426 g/mol. The molecule has 8 heteroatoms. The van der Waals surface area contributed by atoms with Crippen molar-refractivity contribution in [3.8, 4) is 22.1 Å². The predicted molar refractivity (Wildman–Crippen MR) is 115 cm³/mol. The maximum Gasteiger partial charge on any atom is 0.340 e. The molecule has 3 aromatic rings. The van der Waals surface area contributed by atoms with Gasteiger partial charge in [0.25, 0.3) is 0 Å². The number of anilines is 1. The lowest BCUT2D eigenvalue weighted by atomic mass is 10.1. The fourth-order valence-corrected chi connectivity index (χ4v) is 3.68. The first-order valence-corrected chi connectivity index (χ1v) is 10.2. The summed E-state index contributed by atoms with van der Waals surface area (Å²) in [5, 5.41) is 5.37. The molecule has 0 spiro atoms. The minimum Gasteiger partial charge on any atom is -0.497 e. The van der Waals surface area contributed by atoms with Gasteiger partial charge in [-0.2, -0.15) is 0 Å². The average Bonchev–Trinajstić information content (AvgIpc) is 3.22. The summed E-state index contributed by atoms with van der Waals surface area (Å²) in [4.78, 5) is 29.2. The molecule has 0 atom stereocenters. The van der Waals surface area contributed by atoms with Gasteiger partial charge in [-0.15, -0.1) is 11.3 Å². The van der Waals surface area contributed by atoms with Crippen LogP contribution in [0.1, 0.15) is 23.0 Å². The Hall–Kier alpha value is -3.39. The zero-order valence-corrected chi connectivity index (χ0v) is 17.7. The van der Waals surface area contributed by atoms with Crippen molar-refractivity contribution in [2.75, 3.05) is 26.1 Å². The largest absolute Gasteiger partial charge is 0.497 e. The summed E-state index contributed by atoms with van der Waals surface area (Å²) in [6.07, 6.45) is 0.0694. The SMILES string of the molecule is CCOc1ccccc1-c1nc(CC(=O)Nc2ccc(OC)cc2C(=O)OC)cs1. The molecule has 1 heterocycles. The zero-order valence-electron chi connectivity index (χ0n) is 16.9. The highest BCUT2D eigenvalue weighted by Gasteiger charge is 2.17. The Bertz CT molecular complexity index is 1050. The number of amides is 1. The normalized spacial score (nSPS) is 10.4. The minimum absolute atomic E-state index is 0.0694. The van der Waals surface area contributed by atoms with Crippen molar-refractivity contribution in [3.63, 3.8) is 0 Å². The van der Waals surface area contributed by atoms with Crippen LogP contribution >= 0.6 is 11.3 Å². The third-order valence-electron chi connectivity index (χ3n) is 4.22. The van der Waals surface area contributed by atoms with Gasteiger partial charge < -0.3 is 19.5 Å². The number of para-hydroxylation sites is 1. The number of thiazole rings is 1. The van der Waals surface area contributed by atoms with Crippen molar-refractivity contribution in [2.45, 2.75) is 13.3 Å². The molecule has 0 aliphatic heterocycles. The molecule has 0 fully saturated rings. The monoisotopic (exact) mass is 426 g/mol.